The lowest BCUT2D eigenvalue weighted by molar-refractivity contribution is 0.531. The fourth-order valence-electron chi connectivity index (χ4n) is 2.19. The van der Waals surface area contributed by atoms with Crippen molar-refractivity contribution in [2.75, 3.05) is 7.05 Å². The summed E-state index contributed by atoms with van der Waals surface area (Å²) in [6.45, 7) is 2.96. The van der Waals surface area contributed by atoms with E-state index < -0.39 is 0 Å². The third-order valence-electron chi connectivity index (χ3n) is 3.04. The molecule has 1 unspecified atom stereocenters. The number of rotatable bonds is 5. The molecule has 0 radical (unpaired) electrons. The van der Waals surface area contributed by atoms with Crippen molar-refractivity contribution in [2.45, 2.75) is 25.9 Å². The second-order valence-corrected chi connectivity index (χ2v) is 5.22. The van der Waals surface area contributed by atoms with Crippen LogP contribution in [0.15, 0.2) is 34.9 Å². The summed E-state index contributed by atoms with van der Waals surface area (Å²) in [6.07, 6.45) is 2.79. The summed E-state index contributed by atoms with van der Waals surface area (Å²) in [7, 11) is 1.87. The maximum atomic E-state index is 13.5. The molecule has 0 aliphatic heterocycles. The zero-order valence-corrected chi connectivity index (χ0v) is 12.6. The summed E-state index contributed by atoms with van der Waals surface area (Å²) in [5, 5.41) is 7.55. The maximum Gasteiger partial charge on any atom is 0.123 e. The van der Waals surface area contributed by atoms with Gasteiger partial charge in [-0.15, -0.1) is 0 Å². The summed E-state index contributed by atoms with van der Waals surface area (Å²) in [5.41, 5.74) is 1.91. The molecular formula is C14H17BrFN3. The molecule has 5 heteroatoms. The molecule has 0 aliphatic rings. The second kappa shape index (κ2) is 6.30. The molecule has 0 bridgehead atoms. The molecule has 3 nitrogen and oxygen atoms in total. The summed E-state index contributed by atoms with van der Waals surface area (Å²) < 4.78 is 16.3. The normalized spacial score (nSPS) is 12.6. The highest BCUT2D eigenvalue weighted by Crippen LogP contribution is 2.29. The molecule has 0 aliphatic carbocycles. The van der Waals surface area contributed by atoms with Crippen molar-refractivity contribution in [3.63, 3.8) is 0 Å². The van der Waals surface area contributed by atoms with Gasteiger partial charge in [-0.25, -0.2) is 4.39 Å². The van der Waals surface area contributed by atoms with Gasteiger partial charge in [-0.1, -0.05) is 22.9 Å². The van der Waals surface area contributed by atoms with Gasteiger partial charge in [0.15, 0.2) is 0 Å². The molecule has 1 N–H and O–H groups in total. The van der Waals surface area contributed by atoms with Crippen LogP contribution in [-0.2, 0) is 6.54 Å². The Morgan fingerprint density at radius 3 is 2.89 bits per heavy atom. The molecule has 0 spiro atoms. The van der Waals surface area contributed by atoms with Gasteiger partial charge in [-0.3, -0.25) is 4.68 Å². The van der Waals surface area contributed by atoms with Crippen LogP contribution in [-0.4, -0.2) is 16.8 Å². The van der Waals surface area contributed by atoms with E-state index in [9.17, 15) is 4.39 Å². The number of halogens is 2. The van der Waals surface area contributed by atoms with E-state index in [-0.39, 0.29) is 11.9 Å². The number of nitrogens with one attached hydrogen (secondary N) is 1. The SMILES string of the molecule is CCCn1nccc1C(NC)c1cc(F)ccc1Br. The van der Waals surface area contributed by atoms with Crippen LogP contribution in [0.4, 0.5) is 4.39 Å². The van der Waals surface area contributed by atoms with Gasteiger partial charge >= 0.3 is 0 Å². The molecule has 102 valence electrons. The molecule has 0 saturated heterocycles. The number of aryl methyl sites for hydroxylation is 1. The minimum absolute atomic E-state index is 0.0841. The van der Waals surface area contributed by atoms with E-state index in [1.807, 2.05) is 17.8 Å². The van der Waals surface area contributed by atoms with Crippen molar-refractivity contribution in [1.29, 1.82) is 0 Å². The molecule has 19 heavy (non-hydrogen) atoms. The lowest BCUT2D eigenvalue weighted by Crippen LogP contribution is -2.22. The van der Waals surface area contributed by atoms with Crippen molar-refractivity contribution in [3.05, 3.63) is 52.0 Å². The molecule has 0 fully saturated rings. The largest absolute Gasteiger partial charge is 0.308 e. The molecule has 2 rings (SSSR count). The van der Waals surface area contributed by atoms with E-state index in [4.69, 9.17) is 0 Å². The van der Waals surface area contributed by atoms with Gasteiger partial charge in [-0.2, -0.15) is 5.10 Å². The molecule has 1 atom stereocenters. The average Bonchev–Trinajstić information content (AvgIpc) is 2.83. The Hall–Kier alpha value is -1.20. The van der Waals surface area contributed by atoms with E-state index >= 15 is 0 Å². The van der Waals surface area contributed by atoms with E-state index in [1.165, 1.54) is 6.07 Å². The van der Waals surface area contributed by atoms with E-state index in [2.05, 4.69) is 33.3 Å². The predicted molar refractivity (Wildman–Crippen MR) is 77.5 cm³/mol. The van der Waals surface area contributed by atoms with Gasteiger partial charge in [-0.05, 0) is 43.3 Å². The molecule has 2 aromatic rings. The van der Waals surface area contributed by atoms with Crippen LogP contribution in [0.1, 0.15) is 30.6 Å². The molecule has 0 saturated carbocycles. The number of nitrogens with zero attached hydrogens (tertiary/aromatic N) is 2. The Morgan fingerprint density at radius 2 is 2.21 bits per heavy atom. The van der Waals surface area contributed by atoms with Crippen LogP contribution in [0, 0.1) is 5.82 Å². The summed E-state index contributed by atoms with van der Waals surface area (Å²) >= 11 is 3.48. The highest BCUT2D eigenvalue weighted by atomic mass is 79.9. The number of hydrogen-bond acceptors (Lipinski definition) is 2. The zero-order chi connectivity index (χ0) is 13.8. The number of aromatic nitrogens is 2. The van der Waals surface area contributed by atoms with E-state index in [1.54, 1.807) is 18.3 Å². The Morgan fingerprint density at radius 1 is 1.42 bits per heavy atom. The number of benzene rings is 1. The van der Waals surface area contributed by atoms with Crippen LogP contribution < -0.4 is 5.32 Å². The standard InChI is InChI=1S/C14H17BrFN3/c1-3-8-19-13(6-7-18-19)14(17-2)11-9-10(16)4-5-12(11)15/h4-7,9,14,17H,3,8H2,1-2H3. The smallest absolute Gasteiger partial charge is 0.123 e. The predicted octanol–water partition coefficient (Wildman–Crippen LogP) is 3.50. The van der Waals surface area contributed by atoms with Gasteiger partial charge in [0, 0.05) is 17.2 Å². The summed E-state index contributed by atoms with van der Waals surface area (Å²) in [6, 6.07) is 6.61. The van der Waals surface area contributed by atoms with E-state index in [0.717, 1.165) is 28.7 Å². The van der Waals surface area contributed by atoms with Gasteiger partial charge < -0.3 is 5.32 Å². The third kappa shape index (κ3) is 3.04. The van der Waals surface area contributed by atoms with Crippen LogP contribution >= 0.6 is 15.9 Å². The van der Waals surface area contributed by atoms with E-state index in [0.29, 0.717) is 0 Å². The minimum atomic E-state index is -0.236. The first kappa shape index (κ1) is 14.2. The maximum absolute atomic E-state index is 13.5. The zero-order valence-electron chi connectivity index (χ0n) is 11.0. The Labute approximate surface area is 121 Å². The van der Waals surface area contributed by atoms with Crippen LogP contribution in [0.5, 0.6) is 0 Å². The molecule has 0 amide bonds. The summed E-state index contributed by atoms with van der Waals surface area (Å²) in [5.74, 6) is -0.236. The van der Waals surface area contributed by atoms with Gasteiger partial charge in [0.2, 0.25) is 0 Å². The van der Waals surface area contributed by atoms with Crippen molar-refractivity contribution in [2.24, 2.45) is 0 Å². The Kier molecular flexibility index (Phi) is 4.71. The van der Waals surface area contributed by atoms with Gasteiger partial charge in [0.25, 0.3) is 0 Å². The Balaban J connectivity index is 2.44. The van der Waals surface area contributed by atoms with Crippen LogP contribution in [0.25, 0.3) is 0 Å². The lowest BCUT2D eigenvalue weighted by Gasteiger charge is -2.19. The Bertz CT molecular complexity index is 553. The molecule has 1 aromatic heterocycles. The topological polar surface area (TPSA) is 29.9 Å². The fourth-order valence-corrected chi connectivity index (χ4v) is 2.66. The minimum Gasteiger partial charge on any atom is -0.308 e. The fraction of sp³-hybridized carbons (Fsp3) is 0.357. The number of hydrogen-bond donors (Lipinski definition) is 1. The lowest BCUT2D eigenvalue weighted by atomic mass is 10.0. The third-order valence-corrected chi connectivity index (χ3v) is 3.76. The van der Waals surface area contributed by atoms with Crippen molar-refractivity contribution >= 4 is 15.9 Å². The van der Waals surface area contributed by atoms with Gasteiger partial charge in [0.1, 0.15) is 5.82 Å². The highest BCUT2D eigenvalue weighted by Gasteiger charge is 2.19. The molecule has 1 heterocycles. The van der Waals surface area contributed by atoms with Gasteiger partial charge in [0.05, 0.1) is 11.7 Å². The van der Waals surface area contributed by atoms with Crippen LogP contribution in [0.2, 0.25) is 0 Å². The van der Waals surface area contributed by atoms with Crippen molar-refractivity contribution < 1.29 is 4.39 Å². The highest BCUT2D eigenvalue weighted by molar-refractivity contribution is 9.10. The summed E-state index contributed by atoms with van der Waals surface area (Å²) in [4.78, 5) is 0. The molecule has 1 aromatic carbocycles. The quantitative estimate of drug-likeness (QED) is 0.911. The first-order valence-corrected chi connectivity index (χ1v) is 7.10. The molecular weight excluding hydrogens is 309 g/mol. The van der Waals surface area contributed by atoms with Crippen LogP contribution in [0.3, 0.4) is 0 Å². The average molecular weight is 326 g/mol. The van der Waals surface area contributed by atoms with Crippen molar-refractivity contribution in [3.8, 4) is 0 Å². The monoisotopic (exact) mass is 325 g/mol. The first-order valence-electron chi connectivity index (χ1n) is 6.31. The second-order valence-electron chi connectivity index (χ2n) is 4.37. The van der Waals surface area contributed by atoms with Crippen molar-refractivity contribution in [1.82, 2.24) is 15.1 Å². The first-order chi connectivity index (χ1) is 9.17.